The van der Waals surface area contributed by atoms with Gasteiger partial charge in [-0.2, -0.15) is 0 Å². The zero-order valence-corrected chi connectivity index (χ0v) is 9.33. The summed E-state index contributed by atoms with van der Waals surface area (Å²) in [6.45, 7) is 0. The molecule has 0 fully saturated rings. The fourth-order valence-electron chi connectivity index (χ4n) is 1.55. The van der Waals surface area contributed by atoms with Crippen molar-refractivity contribution in [3.8, 4) is 5.75 Å². The van der Waals surface area contributed by atoms with Crippen molar-refractivity contribution in [3.63, 3.8) is 0 Å². The zero-order chi connectivity index (χ0) is 12.3. The highest BCUT2D eigenvalue weighted by Gasteiger charge is 2.25. The number of ether oxygens (including phenoxy) is 1. The molecule has 0 amide bonds. The van der Waals surface area contributed by atoms with Gasteiger partial charge in [-0.15, -0.1) is 0 Å². The van der Waals surface area contributed by atoms with E-state index >= 15 is 0 Å². The molecule has 0 bridgehead atoms. The maximum absolute atomic E-state index is 8.54. The Morgan fingerprint density at radius 3 is 2.82 bits per heavy atom. The standard InChI is InChI=1S/C11H13N3O3/c1-16-8-4-2-7(3-5-8)9-6-10(17-14-9)11(12)13-15/h2-5,10,15H,6H2,1H3,(H2,12,13)/t10-/m0/s1. The second kappa shape index (κ2) is 4.73. The van der Waals surface area contributed by atoms with E-state index in [4.69, 9.17) is 20.5 Å². The van der Waals surface area contributed by atoms with Gasteiger partial charge in [0.05, 0.1) is 12.8 Å². The Morgan fingerprint density at radius 2 is 2.24 bits per heavy atom. The van der Waals surface area contributed by atoms with E-state index in [2.05, 4.69) is 10.3 Å². The lowest BCUT2D eigenvalue weighted by Gasteiger charge is -2.04. The van der Waals surface area contributed by atoms with Gasteiger partial charge in [-0.1, -0.05) is 10.3 Å². The van der Waals surface area contributed by atoms with Crippen molar-refractivity contribution in [3.05, 3.63) is 29.8 Å². The maximum atomic E-state index is 8.54. The highest BCUT2D eigenvalue weighted by atomic mass is 16.6. The predicted octanol–water partition coefficient (Wildman–Crippen LogP) is 0.935. The fourth-order valence-corrected chi connectivity index (χ4v) is 1.55. The van der Waals surface area contributed by atoms with Crippen LogP contribution in [0.5, 0.6) is 5.75 Å². The minimum absolute atomic E-state index is 0.0252. The van der Waals surface area contributed by atoms with Crippen molar-refractivity contribution in [1.29, 1.82) is 0 Å². The maximum Gasteiger partial charge on any atom is 0.193 e. The summed E-state index contributed by atoms with van der Waals surface area (Å²) in [6.07, 6.45) is -0.000479. The van der Waals surface area contributed by atoms with E-state index in [9.17, 15) is 0 Å². The minimum Gasteiger partial charge on any atom is -0.497 e. The van der Waals surface area contributed by atoms with E-state index in [0.29, 0.717) is 6.42 Å². The van der Waals surface area contributed by atoms with E-state index in [1.165, 1.54) is 0 Å². The SMILES string of the molecule is COc1ccc(C2=NO[C@H](/C(N)=N/O)C2)cc1. The summed E-state index contributed by atoms with van der Waals surface area (Å²) < 4.78 is 5.07. The molecule has 0 radical (unpaired) electrons. The first-order valence-corrected chi connectivity index (χ1v) is 5.09. The smallest absolute Gasteiger partial charge is 0.193 e. The van der Waals surface area contributed by atoms with E-state index in [1.807, 2.05) is 24.3 Å². The molecule has 6 heteroatoms. The first-order valence-electron chi connectivity index (χ1n) is 5.09. The molecule has 0 aliphatic carbocycles. The molecule has 3 N–H and O–H groups in total. The highest BCUT2D eigenvalue weighted by Crippen LogP contribution is 2.19. The van der Waals surface area contributed by atoms with Crippen LogP contribution in [0.1, 0.15) is 12.0 Å². The average Bonchev–Trinajstić information content (AvgIpc) is 2.87. The molecule has 0 saturated heterocycles. The van der Waals surface area contributed by atoms with Gasteiger partial charge in [0.2, 0.25) is 0 Å². The molecule has 0 aromatic heterocycles. The molecule has 0 unspecified atom stereocenters. The lowest BCUT2D eigenvalue weighted by Crippen LogP contribution is -2.29. The number of amidine groups is 1. The van der Waals surface area contributed by atoms with Crippen molar-refractivity contribution in [1.82, 2.24) is 0 Å². The summed E-state index contributed by atoms with van der Waals surface area (Å²) in [5.74, 6) is 0.804. The third-order valence-electron chi connectivity index (χ3n) is 2.54. The largest absolute Gasteiger partial charge is 0.497 e. The second-order valence-electron chi connectivity index (χ2n) is 3.59. The van der Waals surface area contributed by atoms with Crippen LogP contribution in [0.4, 0.5) is 0 Å². The fraction of sp³-hybridized carbons (Fsp3) is 0.273. The minimum atomic E-state index is -0.489. The molecule has 1 aromatic carbocycles. The monoisotopic (exact) mass is 235 g/mol. The first-order chi connectivity index (χ1) is 8.24. The van der Waals surface area contributed by atoms with E-state index in [0.717, 1.165) is 17.0 Å². The molecule has 1 heterocycles. The number of hydrogen-bond acceptors (Lipinski definition) is 5. The third kappa shape index (κ3) is 2.30. The van der Waals surface area contributed by atoms with Crippen LogP contribution < -0.4 is 10.5 Å². The van der Waals surface area contributed by atoms with Crippen LogP contribution in [0.3, 0.4) is 0 Å². The van der Waals surface area contributed by atoms with Crippen LogP contribution in [-0.4, -0.2) is 30.0 Å². The average molecular weight is 235 g/mol. The number of nitrogens with zero attached hydrogens (tertiary/aromatic N) is 2. The Balaban J connectivity index is 2.09. The summed E-state index contributed by atoms with van der Waals surface area (Å²) in [6, 6.07) is 7.45. The molecule has 1 atom stereocenters. The summed E-state index contributed by atoms with van der Waals surface area (Å²) in [4.78, 5) is 5.07. The van der Waals surface area contributed by atoms with Crippen LogP contribution in [-0.2, 0) is 4.84 Å². The number of nitrogens with two attached hydrogens (primary N) is 1. The third-order valence-corrected chi connectivity index (χ3v) is 2.54. The predicted molar refractivity (Wildman–Crippen MR) is 62.4 cm³/mol. The Kier molecular flexibility index (Phi) is 3.13. The van der Waals surface area contributed by atoms with Gasteiger partial charge in [0, 0.05) is 6.42 Å². The number of hydrogen-bond donors (Lipinski definition) is 2. The Bertz CT molecular complexity index is 454. The summed E-state index contributed by atoms with van der Waals surface area (Å²) >= 11 is 0. The van der Waals surface area contributed by atoms with Gasteiger partial charge in [0.1, 0.15) is 5.75 Å². The molecule has 1 aromatic rings. The van der Waals surface area contributed by atoms with Gasteiger partial charge in [-0.05, 0) is 29.8 Å². The number of rotatable bonds is 3. The normalized spacial score (nSPS) is 19.7. The summed E-state index contributed by atoms with van der Waals surface area (Å²) in [7, 11) is 1.61. The molecule has 6 nitrogen and oxygen atoms in total. The van der Waals surface area contributed by atoms with Crippen molar-refractivity contribution < 1.29 is 14.8 Å². The number of methoxy groups -OCH3 is 1. The van der Waals surface area contributed by atoms with Crippen molar-refractivity contribution in [2.75, 3.05) is 7.11 Å². The number of oxime groups is 2. The number of benzene rings is 1. The molecule has 0 spiro atoms. The molecule has 17 heavy (non-hydrogen) atoms. The quantitative estimate of drug-likeness (QED) is 0.353. The van der Waals surface area contributed by atoms with Gasteiger partial charge in [-0.25, -0.2) is 0 Å². The van der Waals surface area contributed by atoms with E-state index in [-0.39, 0.29) is 5.84 Å². The Labute approximate surface area is 98.3 Å². The molecular weight excluding hydrogens is 222 g/mol. The molecular formula is C11H13N3O3. The van der Waals surface area contributed by atoms with Crippen LogP contribution in [0.15, 0.2) is 34.6 Å². The zero-order valence-electron chi connectivity index (χ0n) is 9.33. The molecule has 1 aliphatic rings. The molecule has 1 aliphatic heterocycles. The van der Waals surface area contributed by atoms with Gasteiger partial charge < -0.3 is 20.5 Å². The summed E-state index contributed by atoms with van der Waals surface area (Å²) in [5.41, 5.74) is 7.14. The van der Waals surface area contributed by atoms with E-state index in [1.54, 1.807) is 7.11 Å². The molecule has 0 saturated carbocycles. The molecule has 2 rings (SSSR count). The second-order valence-corrected chi connectivity index (χ2v) is 3.59. The van der Waals surface area contributed by atoms with Gasteiger partial charge in [0.15, 0.2) is 11.9 Å². The Hall–Kier alpha value is -2.24. The van der Waals surface area contributed by atoms with Crippen molar-refractivity contribution >= 4 is 11.5 Å². The lowest BCUT2D eigenvalue weighted by molar-refractivity contribution is 0.128. The Morgan fingerprint density at radius 1 is 1.53 bits per heavy atom. The summed E-state index contributed by atoms with van der Waals surface area (Å²) in [5, 5.41) is 15.4. The van der Waals surface area contributed by atoms with E-state index < -0.39 is 6.10 Å². The highest BCUT2D eigenvalue weighted by molar-refractivity contribution is 6.04. The molecule has 90 valence electrons. The van der Waals surface area contributed by atoms with Crippen molar-refractivity contribution in [2.45, 2.75) is 12.5 Å². The van der Waals surface area contributed by atoms with Crippen LogP contribution in [0.2, 0.25) is 0 Å². The van der Waals surface area contributed by atoms with Crippen LogP contribution >= 0.6 is 0 Å². The van der Waals surface area contributed by atoms with Crippen molar-refractivity contribution in [2.24, 2.45) is 16.0 Å². The first kappa shape index (κ1) is 11.3. The van der Waals surface area contributed by atoms with Crippen LogP contribution in [0.25, 0.3) is 0 Å². The topological polar surface area (TPSA) is 89.4 Å². The van der Waals surface area contributed by atoms with Gasteiger partial charge in [0.25, 0.3) is 0 Å². The van der Waals surface area contributed by atoms with Gasteiger partial charge >= 0.3 is 0 Å². The van der Waals surface area contributed by atoms with Gasteiger partial charge in [-0.3, -0.25) is 0 Å². The van der Waals surface area contributed by atoms with Crippen LogP contribution in [0, 0.1) is 0 Å². The lowest BCUT2D eigenvalue weighted by atomic mass is 10.0.